The van der Waals surface area contributed by atoms with Crippen LogP contribution in [0.25, 0.3) is 0 Å². The van der Waals surface area contributed by atoms with E-state index in [0.29, 0.717) is 16.5 Å². The number of β-lactam (4-membered cyclic amide) rings is 1. The number of carbonyl (C=O) groups excluding carboxylic acids is 3. The first-order chi connectivity index (χ1) is 28.9. The number of anilines is 1. The number of ether oxygens (including phenoxy) is 1. The van der Waals surface area contributed by atoms with Gasteiger partial charge in [-0.2, -0.15) is 0 Å². The van der Waals surface area contributed by atoms with E-state index < -0.39 is 40.8 Å². The van der Waals surface area contributed by atoms with Gasteiger partial charge in [-0.25, -0.2) is 9.78 Å². The largest absolute Gasteiger partial charge is 0.448 e. The third-order valence-corrected chi connectivity index (χ3v) is 12.3. The third-order valence-electron chi connectivity index (χ3n) is 10.2. The van der Waals surface area contributed by atoms with E-state index >= 15 is 0 Å². The van der Waals surface area contributed by atoms with E-state index in [1.807, 2.05) is 122 Å². The fourth-order valence-electron chi connectivity index (χ4n) is 7.39. The molecule has 1 saturated heterocycles. The van der Waals surface area contributed by atoms with E-state index in [1.165, 1.54) is 28.0 Å². The molecule has 2 atom stereocenters. The van der Waals surface area contributed by atoms with E-state index in [0.717, 1.165) is 34.1 Å². The molecule has 0 spiro atoms. The summed E-state index contributed by atoms with van der Waals surface area (Å²) in [5.41, 5.74) is 4.65. The van der Waals surface area contributed by atoms with Gasteiger partial charge >= 0.3 is 5.97 Å². The minimum absolute atomic E-state index is 0.147. The van der Waals surface area contributed by atoms with Crippen molar-refractivity contribution in [2.75, 3.05) is 11.1 Å². The fourth-order valence-corrected chi connectivity index (χ4v) is 9.44. The first kappa shape index (κ1) is 39.1. The molecule has 3 heterocycles. The molecule has 2 aliphatic heterocycles. The normalized spacial score (nSPS) is 16.5. The van der Waals surface area contributed by atoms with Crippen molar-refractivity contribution in [2.45, 2.75) is 30.0 Å². The first-order valence-electron chi connectivity index (χ1n) is 18.9. The van der Waals surface area contributed by atoms with Gasteiger partial charge in [0.2, 0.25) is 0 Å². The van der Waals surface area contributed by atoms with Gasteiger partial charge in [0.05, 0.1) is 0 Å². The Hall–Kier alpha value is -6.76. The second-order valence-corrected chi connectivity index (χ2v) is 15.8. The molecule has 59 heavy (non-hydrogen) atoms. The fraction of sp³-hybridized carbons (Fsp3) is 0.128. The minimum Gasteiger partial charge on any atom is -0.448 e. The number of hydrogen-bond acceptors (Lipinski definition) is 10. The molecule has 0 saturated carbocycles. The van der Waals surface area contributed by atoms with Crippen molar-refractivity contribution in [3.8, 4) is 0 Å². The number of amides is 2. The zero-order chi connectivity index (χ0) is 40.8. The maximum Gasteiger partial charge on any atom is 0.356 e. The van der Waals surface area contributed by atoms with Crippen LogP contribution in [0.2, 0.25) is 0 Å². The van der Waals surface area contributed by atoms with Crippen LogP contribution >= 0.6 is 23.1 Å². The van der Waals surface area contributed by atoms with Gasteiger partial charge in [-0.1, -0.05) is 163 Å². The van der Waals surface area contributed by atoms with E-state index in [4.69, 9.17) is 14.6 Å². The van der Waals surface area contributed by atoms with Crippen molar-refractivity contribution in [1.29, 1.82) is 0 Å². The Morgan fingerprint density at radius 3 is 1.85 bits per heavy atom. The van der Waals surface area contributed by atoms with Crippen molar-refractivity contribution in [3.05, 3.63) is 215 Å². The highest BCUT2D eigenvalue weighted by Crippen LogP contribution is 2.43. The number of aromatic nitrogens is 1. The molecule has 6 aromatic rings. The van der Waals surface area contributed by atoms with Crippen molar-refractivity contribution in [1.82, 2.24) is 15.2 Å². The Morgan fingerprint density at radius 1 is 0.831 bits per heavy atom. The van der Waals surface area contributed by atoms with Crippen molar-refractivity contribution in [2.24, 2.45) is 5.16 Å². The summed E-state index contributed by atoms with van der Waals surface area (Å²) in [6.45, 7) is 5.39. The molecule has 2 aliphatic rings. The number of rotatable bonds is 14. The molecular formula is C47H39N5O5S2. The Balaban J connectivity index is 1.04. The van der Waals surface area contributed by atoms with Crippen LogP contribution < -0.4 is 10.6 Å². The highest BCUT2D eigenvalue weighted by Gasteiger charge is 2.54. The zero-order valence-electron chi connectivity index (χ0n) is 31.9. The Labute approximate surface area is 350 Å². The number of oxime groups is 1. The van der Waals surface area contributed by atoms with Crippen molar-refractivity contribution < 1.29 is 24.0 Å². The summed E-state index contributed by atoms with van der Waals surface area (Å²) in [7, 11) is 0. The zero-order valence-corrected chi connectivity index (χ0v) is 33.6. The van der Waals surface area contributed by atoms with E-state index in [9.17, 15) is 14.4 Å². The van der Waals surface area contributed by atoms with Crippen LogP contribution in [0.4, 0.5) is 5.13 Å². The van der Waals surface area contributed by atoms with Gasteiger partial charge in [0.15, 0.2) is 16.9 Å². The number of esters is 1. The molecule has 0 aliphatic carbocycles. The van der Waals surface area contributed by atoms with Crippen molar-refractivity contribution >= 4 is 51.7 Å². The predicted octanol–water partition coefficient (Wildman–Crippen LogP) is 8.42. The number of fused-ring (bicyclic) bond motifs is 1. The maximum absolute atomic E-state index is 14.1. The summed E-state index contributed by atoms with van der Waals surface area (Å²) in [6, 6.07) is 48.3. The third kappa shape index (κ3) is 7.80. The van der Waals surface area contributed by atoms with Crippen LogP contribution in [0, 0.1) is 0 Å². The van der Waals surface area contributed by atoms with Crippen LogP contribution in [0.15, 0.2) is 186 Å². The van der Waals surface area contributed by atoms with Crippen LogP contribution in [0.3, 0.4) is 0 Å². The summed E-state index contributed by atoms with van der Waals surface area (Å²) < 4.78 is 6.17. The molecule has 0 bridgehead atoms. The molecule has 12 heteroatoms. The van der Waals surface area contributed by atoms with Crippen molar-refractivity contribution in [3.63, 3.8) is 0 Å². The van der Waals surface area contributed by atoms with Crippen LogP contribution in [-0.4, -0.2) is 50.5 Å². The highest BCUT2D eigenvalue weighted by atomic mass is 32.2. The smallest absolute Gasteiger partial charge is 0.356 e. The molecule has 2 N–H and O–H groups in total. The van der Waals surface area contributed by atoms with Gasteiger partial charge in [0.1, 0.15) is 34.6 Å². The van der Waals surface area contributed by atoms with E-state index in [1.54, 1.807) is 5.38 Å². The van der Waals surface area contributed by atoms with Gasteiger partial charge in [-0.3, -0.25) is 14.5 Å². The SMILES string of the molecule is C=CON=C(C(=O)NC1C(=O)N2C(C(=O)OC(c3ccccc3)c3ccccc3)=C(C)CSC12)c1csc(NC(c2ccccc2)(c2ccccc2)c2ccccc2)n1. The van der Waals surface area contributed by atoms with E-state index in [-0.39, 0.29) is 17.1 Å². The topological polar surface area (TPSA) is 122 Å². The van der Waals surface area contributed by atoms with E-state index in [2.05, 4.69) is 58.8 Å². The standard InChI is InChI=1S/C47H39N5O5S2/c1-3-56-51-38(37-30-59-46(48-37)50-47(34-23-13-6-14-24-34,35-25-15-7-16-26-35)36-27-17-8-18-28-36)42(53)49-39-43(54)52-40(31(2)29-58-44(39)52)45(55)57-41(32-19-9-4-10-20-32)33-21-11-5-12-22-33/h3-28,30,39,41,44H,1,29H2,2H3,(H,48,50)(H,49,53). The Bertz CT molecular complexity index is 2380. The second kappa shape index (κ2) is 17.4. The first-order valence-corrected chi connectivity index (χ1v) is 20.8. The molecule has 2 unspecified atom stereocenters. The van der Waals surface area contributed by atoms with Crippen LogP contribution in [0.1, 0.15) is 46.5 Å². The number of carbonyl (C=O) groups is 3. The molecule has 1 aromatic heterocycles. The second-order valence-electron chi connectivity index (χ2n) is 13.8. The molecule has 294 valence electrons. The summed E-state index contributed by atoms with van der Waals surface area (Å²) in [4.78, 5) is 53.4. The van der Waals surface area contributed by atoms with Crippen LogP contribution in [0.5, 0.6) is 0 Å². The average Bonchev–Trinajstić information content (AvgIpc) is 3.75. The van der Waals surface area contributed by atoms with Gasteiger partial charge in [0.25, 0.3) is 11.8 Å². The maximum atomic E-state index is 14.1. The summed E-state index contributed by atoms with van der Waals surface area (Å²) >= 11 is 2.75. The van der Waals surface area contributed by atoms with Gasteiger partial charge in [0, 0.05) is 11.1 Å². The number of nitrogens with one attached hydrogen (secondary N) is 2. The number of nitrogens with zero attached hydrogens (tertiary/aromatic N) is 3. The van der Waals surface area contributed by atoms with Gasteiger partial charge in [-0.05, 0) is 40.3 Å². The lowest BCUT2D eigenvalue weighted by Gasteiger charge is -2.49. The molecule has 2 amide bonds. The van der Waals surface area contributed by atoms with Crippen LogP contribution in [-0.2, 0) is 29.5 Å². The van der Waals surface area contributed by atoms with Gasteiger partial charge < -0.3 is 20.2 Å². The lowest BCUT2D eigenvalue weighted by molar-refractivity contribution is -0.154. The average molecular weight is 818 g/mol. The molecular weight excluding hydrogens is 779 g/mol. The lowest BCUT2D eigenvalue weighted by Crippen LogP contribution is -2.71. The number of hydrogen-bond donors (Lipinski definition) is 2. The molecule has 10 nitrogen and oxygen atoms in total. The summed E-state index contributed by atoms with van der Waals surface area (Å²) in [5, 5.41) is 12.3. The Kier molecular flexibility index (Phi) is 11.5. The summed E-state index contributed by atoms with van der Waals surface area (Å²) in [6.07, 6.45) is 0.408. The Morgan fingerprint density at radius 2 is 1.34 bits per heavy atom. The summed E-state index contributed by atoms with van der Waals surface area (Å²) in [5.74, 6) is -1.28. The quantitative estimate of drug-likeness (QED) is 0.0281. The molecule has 5 aromatic carbocycles. The lowest BCUT2D eigenvalue weighted by atomic mass is 9.77. The number of thioether (sulfide) groups is 1. The molecule has 8 rings (SSSR count). The molecule has 1 fully saturated rings. The minimum atomic E-state index is -0.950. The highest BCUT2D eigenvalue weighted by molar-refractivity contribution is 8.00. The number of benzene rings is 5. The van der Waals surface area contributed by atoms with Gasteiger partial charge in [-0.15, -0.1) is 23.1 Å². The molecule has 0 radical (unpaired) electrons. The monoisotopic (exact) mass is 817 g/mol. The number of thiazole rings is 1. The predicted molar refractivity (Wildman–Crippen MR) is 231 cm³/mol.